The summed E-state index contributed by atoms with van der Waals surface area (Å²) in [6.45, 7) is 9.16. The van der Waals surface area contributed by atoms with Gasteiger partial charge in [0.2, 0.25) is 0 Å². The summed E-state index contributed by atoms with van der Waals surface area (Å²) in [7, 11) is 1.72. The van der Waals surface area contributed by atoms with Crippen LogP contribution in [0.1, 0.15) is 57.6 Å². The molecule has 0 amide bonds. The predicted molar refractivity (Wildman–Crippen MR) is 121 cm³/mol. The van der Waals surface area contributed by atoms with Crippen LogP contribution >= 0.6 is 0 Å². The number of aliphatic hydroxyl groups is 1. The number of nitrogens with one attached hydrogen (secondary N) is 2. The Balaban J connectivity index is 2.08. The second-order valence-electron chi connectivity index (χ2n) is 7.80. The maximum absolute atomic E-state index is 9.30. The lowest BCUT2D eigenvalue weighted by Crippen LogP contribution is -2.43. The Morgan fingerprint density at radius 1 is 1.21 bits per heavy atom. The summed E-state index contributed by atoms with van der Waals surface area (Å²) in [6.07, 6.45) is 5.56. The third kappa shape index (κ3) is 7.86. The number of hydrogen-bond acceptors (Lipinski definition) is 4. The molecular weight excluding hydrogens is 364 g/mol. The monoisotopic (exact) mass is 404 g/mol. The van der Waals surface area contributed by atoms with Crippen LogP contribution in [0.3, 0.4) is 0 Å². The van der Waals surface area contributed by atoms with Gasteiger partial charge in [-0.15, -0.1) is 0 Å². The van der Waals surface area contributed by atoms with Crippen molar-refractivity contribution >= 4 is 5.96 Å². The maximum Gasteiger partial charge on any atom is 0.191 e. The van der Waals surface area contributed by atoms with Crippen LogP contribution in [0.4, 0.5) is 0 Å². The first-order valence-electron chi connectivity index (χ1n) is 11.2. The molecule has 1 aliphatic rings. The van der Waals surface area contributed by atoms with Gasteiger partial charge >= 0.3 is 0 Å². The highest BCUT2D eigenvalue weighted by atomic mass is 16.5. The molecular formula is C23H40N4O2. The van der Waals surface area contributed by atoms with E-state index < -0.39 is 0 Å². The quantitative estimate of drug-likeness (QED) is 0.369. The highest BCUT2D eigenvalue weighted by Gasteiger charge is 2.24. The lowest BCUT2D eigenvalue weighted by atomic mass is 10.0. The van der Waals surface area contributed by atoms with Gasteiger partial charge in [0, 0.05) is 26.2 Å². The molecule has 3 N–H and O–H groups in total. The number of methoxy groups -OCH3 is 1. The Morgan fingerprint density at radius 2 is 2.00 bits per heavy atom. The number of guanidine groups is 1. The number of hydrogen-bond donors (Lipinski definition) is 3. The number of benzene rings is 1. The van der Waals surface area contributed by atoms with Crippen LogP contribution in [-0.2, 0) is 0 Å². The number of rotatable bonds is 12. The molecule has 1 fully saturated rings. The molecule has 0 saturated carbocycles. The number of ether oxygens (including phenoxy) is 1. The van der Waals surface area contributed by atoms with Crippen molar-refractivity contribution in [2.75, 3.05) is 46.4 Å². The zero-order valence-corrected chi connectivity index (χ0v) is 18.5. The SMILES string of the molecule is CCCC(CCO)CN=C(NCC)NCC(c1cccc(OC)c1)N1CCCC1. The van der Waals surface area contributed by atoms with Crippen LogP contribution in [0.2, 0.25) is 0 Å². The summed E-state index contributed by atoms with van der Waals surface area (Å²) in [5.74, 6) is 2.20. The van der Waals surface area contributed by atoms with E-state index in [1.54, 1.807) is 7.11 Å². The largest absolute Gasteiger partial charge is 0.497 e. The van der Waals surface area contributed by atoms with Gasteiger partial charge in [0.25, 0.3) is 0 Å². The van der Waals surface area contributed by atoms with Crippen molar-refractivity contribution in [2.45, 2.75) is 52.0 Å². The molecule has 0 aliphatic carbocycles. The molecule has 0 spiro atoms. The minimum absolute atomic E-state index is 0.233. The van der Waals surface area contributed by atoms with Gasteiger partial charge in [-0.25, -0.2) is 0 Å². The van der Waals surface area contributed by atoms with E-state index in [4.69, 9.17) is 9.73 Å². The van der Waals surface area contributed by atoms with E-state index in [9.17, 15) is 5.11 Å². The Hall–Kier alpha value is -1.79. The third-order valence-corrected chi connectivity index (χ3v) is 5.61. The summed E-state index contributed by atoms with van der Waals surface area (Å²) in [5.41, 5.74) is 1.28. The van der Waals surface area contributed by atoms with Crippen LogP contribution in [0.25, 0.3) is 0 Å². The topological polar surface area (TPSA) is 69.1 Å². The van der Waals surface area contributed by atoms with Crippen LogP contribution in [0, 0.1) is 5.92 Å². The van der Waals surface area contributed by atoms with E-state index in [0.717, 1.165) is 63.7 Å². The molecule has 1 aromatic rings. The molecule has 6 nitrogen and oxygen atoms in total. The number of aliphatic imine (C=N–C) groups is 1. The van der Waals surface area contributed by atoms with Crippen LogP contribution in [0.15, 0.2) is 29.3 Å². The number of likely N-dealkylation sites (tertiary alicyclic amines) is 1. The van der Waals surface area contributed by atoms with Gasteiger partial charge < -0.3 is 20.5 Å². The Labute approximate surface area is 176 Å². The van der Waals surface area contributed by atoms with E-state index in [2.05, 4.69) is 47.6 Å². The lowest BCUT2D eigenvalue weighted by molar-refractivity contribution is 0.244. The average molecular weight is 405 g/mol. The summed E-state index contributed by atoms with van der Waals surface area (Å²) in [5, 5.41) is 16.2. The molecule has 1 aromatic carbocycles. The molecule has 2 rings (SSSR count). The zero-order chi connectivity index (χ0) is 20.9. The highest BCUT2D eigenvalue weighted by Crippen LogP contribution is 2.27. The van der Waals surface area contributed by atoms with Gasteiger partial charge in [-0.1, -0.05) is 25.5 Å². The fourth-order valence-corrected chi connectivity index (χ4v) is 4.03. The van der Waals surface area contributed by atoms with Crippen molar-refractivity contribution in [2.24, 2.45) is 10.9 Å². The van der Waals surface area contributed by atoms with Gasteiger partial charge in [0.05, 0.1) is 13.2 Å². The fraction of sp³-hybridized carbons (Fsp3) is 0.696. The van der Waals surface area contributed by atoms with Crippen molar-refractivity contribution in [3.8, 4) is 5.75 Å². The van der Waals surface area contributed by atoms with E-state index >= 15 is 0 Å². The van der Waals surface area contributed by atoms with Gasteiger partial charge in [-0.2, -0.15) is 0 Å². The molecule has 0 bridgehead atoms. The van der Waals surface area contributed by atoms with Crippen LogP contribution in [-0.4, -0.2) is 62.4 Å². The van der Waals surface area contributed by atoms with E-state index in [1.165, 1.54) is 18.4 Å². The second kappa shape index (κ2) is 13.4. The Kier molecular flexibility index (Phi) is 10.9. The van der Waals surface area contributed by atoms with Crippen LogP contribution in [0.5, 0.6) is 5.75 Å². The number of aliphatic hydroxyl groups excluding tert-OH is 1. The summed E-state index contributed by atoms with van der Waals surface area (Å²) < 4.78 is 5.45. The van der Waals surface area contributed by atoms with Crippen molar-refractivity contribution in [1.82, 2.24) is 15.5 Å². The fourth-order valence-electron chi connectivity index (χ4n) is 4.03. The van der Waals surface area contributed by atoms with Crippen molar-refractivity contribution in [1.29, 1.82) is 0 Å². The highest BCUT2D eigenvalue weighted by molar-refractivity contribution is 5.79. The first-order valence-corrected chi connectivity index (χ1v) is 11.2. The molecule has 1 saturated heterocycles. The summed E-state index contributed by atoms with van der Waals surface area (Å²) in [4.78, 5) is 7.37. The minimum Gasteiger partial charge on any atom is -0.497 e. The third-order valence-electron chi connectivity index (χ3n) is 5.61. The molecule has 2 unspecified atom stereocenters. The predicted octanol–water partition coefficient (Wildman–Crippen LogP) is 3.19. The minimum atomic E-state index is 0.233. The smallest absolute Gasteiger partial charge is 0.191 e. The average Bonchev–Trinajstić information content (AvgIpc) is 3.27. The number of nitrogens with zero attached hydrogens (tertiary/aromatic N) is 2. The van der Waals surface area contributed by atoms with E-state index in [-0.39, 0.29) is 6.61 Å². The molecule has 1 heterocycles. The Morgan fingerprint density at radius 3 is 2.66 bits per heavy atom. The van der Waals surface area contributed by atoms with Gasteiger partial charge in [0.1, 0.15) is 5.75 Å². The van der Waals surface area contributed by atoms with Crippen molar-refractivity contribution in [3.63, 3.8) is 0 Å². The first-order chi connectivity index (χ1) is 14.2. The van der Waals surface area contributed by atoms with Crippen LogP contribution < -0.4 is 15.4 Å². The van der Waals surface area contributed by atoms with E-state index in [0.29, 0.717) is 12.0 Å². The summed E-state index contributed by atoms with van der Waals surface area (Å²) in [6, 6.07) is 8.70. The Bertz CT molecular complexity index is 596. The normalized spacial score (nSPS) is 17.2. The summed E-state index contributed by atoms with van der Waals surface area (Å²) >= 11 is 0. The molecule has 0 aromatic heterocycles. The molecule has 6 heteroatoms. The zero-order valence-electron chi connectivity index (χ0n) is 18.5. The van der Waals surface area contributed by atoms with Gasteiger partial charge in [-0.05, 0) is 69.3 Å². The molecule has 29 heavy (non-hydrogen) atoms. The van der Waals surface area contributed by atoms with E-state index in [1.807, 2.05) is 6.07 Å². The second-order valence-corrected chi connectivity index (χ2v) is 7.80. The molecule has 1 aliphatic heterocycles. The van der Waals surface area contributed by atoms with Crippen molar-refractivity contribution < 1.29 is 9.84 Å². The molecule has 0 radical (unpaired) electrons. The first kappa shape index (κ1) is 23.5. The maximum atomic E-state index is 9.30. The standard InChI is InChI=1S/C23H40N4O2/c1-4-9-19(12-15-28)17-25-23(24-5-2)26-18-22(27-13-6-7-14-27)20-10-8-11-21(16-20)29-3/h8,10-11,16,19,22,28H,4-7,9,12-15,17-18H2,1-3H3,(H2,24,25,26). The molecule has 2 atom stereocenters. The van der Waals surface area contributed by atoms with Crippen molar-refractivity contribution in [3.05, 3.63) is 29.8 Å². The molecule has 164 valence electrons. The lowest BCUT2D eigenvalue weighted by Gasteiger charge is -2.29. The van der Waals surface area contributed by atoms with Gasteiger partial charge in [0.15, 0.2) is 5.96 Å². The van der Waals surface area contributed by atoms with Gasteiger partial charge in [-0.3, -0.25) is 9.89 Å².